The Morgan fingerprint density at radius 1 is 1.04 bits per heavy atom. The summed E-state index contributed by atoms with van der Waals surface area (Å²) in [6.07, 6.45) is 0.720. The number of hydrogen-bond acceptors (Lipinski definition) is 3. The highest BCUT2D eigenvalue weighted by Gasteiger charge is 2.36. The molecule has 3 aromatic carbocycles. The van der Waals surface area contributed by atoms with E-state index in [-0.39, 0.29) is 23.4 Å². The summed E-state index contributed by atoms with van der Waals surface area (Å²) in [5.74, 6) is -0.319. The molecule has 4 rings (SSSR count). The van der Waals surface area contributed by atoms with Gasteiger partial charge in [0, 0.05) is 5.39 Å². The van der Waals surface area contributed by atoms with Gasteiger partial charge in [0.1, 0.15) is 6.54 Å². The highest BCUT2D eigenvalue weighted by atomic mass is 32.2. The lowest BCUT2D eigenvalue weighted by atomic mass is 10.0. The van der Waals surface area contributed by atoms with Crippen molar-refractivity contribution < 1.29 is 13.2 Å². The van der Waals surface area contributed by atoms with Gasteiger partial charge in [-0.2, -0.15) is 0 Å². The quantitative estimate of drug-likeness (QED) is 0.713. The monoisotopic (exact) mass is 394 g/mol. The Balaban J connectivity index is 1.60. The molecule has 0 spiro atoms. The molecule has 0 radical (unpaired) electrons. The van der Waals surface area contributed by atoms with Gasteiger partial charge < -0.3 is 5.32 Å². The van der Waals surface area contributed by atoms with Gasteiger partial charge in [0.2, 0.25) is 5.91 Å². The van der Waals surface area contributed by atoms with Crippen molar-refractivity contribution in [1.82, 2.24) is 5.32 Å². The molecular weight excluding hydrogens is 372 g/mol. The van der Waals surface area contributed by atoms with Crippen LogP contribution in [0.15, 0.2) is 65.6 Å². The minimum absolute atomic E-state index is 0.156. The molecule has 144 valence electrons. The van der Waals surface area contributed by atoms with Gasteiger partial charge in [0.25, 0.3) is 10.0 Å². The van der Waals surface area contributed by atoms with Gasteiger partial charge in [-0.3, -0.25) is 9.10 Å². The molecule has 0 aromatic heterocycles. The standard InChI is InChI=1S/C22H22N2O3S/c1-3-18(16-12-10-15(2)11-13-16)23-21(25)14-24-19-8-4-6-17-7-5-9-20(22(17)19)28(24,26)27/h4-13,18H,3,14H2,1-2H3,(H,23,25). The first-order valence-electron chi connectivity index (χ1n) is 9.32. The SMILES string of the molecule is CCC(NC(=O)CN1c2cccc3cccc(c23)S1(=O)=O)c1ccc(C)cc1. The molecule has 0 bridgehead atoms. The Hall–Kier alpha value is -2.86. The average Bonchev–Trinajstić information content (AvgIpc) is 2.90. The van der Waals surface area contributed by atoms with Crippen LogP contribution in [0.5, 0.6) is 0 Å². The number of rotatable bonds is 5. The molecule has 0 fully saturated rings. The van der Waals surface area contributed by atoms with E-state index in [0.29, 0.717) is 11.1 Å². The fourth-order valence-electron chi connectivity index (χ4n) is 3.72. The number of anilines is 1. The molecule has 1 aliphatic rings. The molecule has 1 N–H and O–H groups in total. The van der Waals surface area contributed by atoms with E-state index in [2.05, 4.69) is 5.32 Å². The number of carbonyl (C=O) groups is 1. The fourth-order valence-corrected chi connectivity index (χ4v) is 5.39. The Kier molecular flexibility index (Phi) is 4.59. The number of benzene rings is 3. The van der Waals surface area contributed by atoms with Crippen LogP contribution in [0.3, 0.4) is 0 Å². The largest absolute Gasteiger partial charge is 0.348 e. The van der Waals surface area contributed by atoms with Gasteiger partial charge in [0.05, 0.1) is 16.6 Å². The smallest absolute Gasteiger partial charge is 0.265 e. The van der Waals surface area contributed by atoms with E-state index in [1.54, 1.807) is 18.2 Å². The van der Waals surface area contributed by atoms with E-state index in [1.807, 2.05) is 56.3 Å². The van der Waals surface area contributed by atoms with Crippen LogP contribution in [0, 0.1) is 6.92 Å². The highest BCUT2D eigenvalue weighted by molar-refractivity contribution is 7.93. The Morgan fingerprint density at radius 2 is 1.71 bits per heavy atom. The van der Waals surface area contributed by atoms with Crippen LogP contribution in [0.1, 0.15) is 30.5 Å². The summed E-state index contributed by atoms with van der Waals surface area (Å²) in [4.78, 5) is 13.0. The number of aryl methyl sites for hydroxylation is 1. The fraction of sp³-hybridized carbons (Fsp3) is 0.227. The van der Waals surface area contributed by atoms with Crippen molar-refractivity contribution >= 4 is 32.4 Å². The zero-order valence-electron chi connectivity index (χ0n) is 15.8. The molecule has 3 aromatic rings. The average molecular weight is 394 g/mol. The van der Waals surface area contributed by atoms with Crippen molar-refractivity contribution in [1.29, 1.82) is 0 Å². The van der Waals surface area contributed by atoms with Crippen LogP contribution in [0.25, 0.3) is 10.8 Å². The molecule has 1 aliphatic heterocycles. The summed E-state index contributed by atoms with van der Waals surface area (Å²) in [5, 5.41) is 4.52. The summed E-state index contributed by atoms with van der Waals surface area (Å²) in [6, 6.07) is 18.5. The van der Waals surface area contributed by atoms with Gasteiger partial charge in [-0.25, -0.2) is 8.42 Å². The maximum absolute atomic E-state index is 13.0. The van der Waals surface area contributed by atoms with Crippen LogP contribution < -0.4 is 9.62 Å². The molecule has 1 amide bonds. The normalized spacial score (nSPS) is 15.6. The predicted molar refractivity (Wildman–Crippen MR) is 111 cm³/mol. The van der Waals surface area contributed by atoms with Gasteiger partial charge in [-0.05, 0) is 36.4 Å². The summed E-state index contributed by atoms with van der Waals surface area (Å²) in [6.45, 7) is 3.77. The minimum Gasteiger partial charge on any atom is -0.348 e. The minimum atomic E-state index is -3.73. The number of carbonyl (C=O) groups excluding carboxylic acids is 1. The van der Waals surface area contributed by atoms with E-state index >= 15 is 0 Å². The van der Waals surface area contributed by atoms with E-state index in [1.165, 1.54) is 4.31 Å². The van der Waals surface area contributed by atoms with Crippen molar-refractivity contribution in [2.24, 2.45) is 0 Å². The highest BCUT2D eigenvalue weighted by Crippen LogP contribution is 2.41. The molecule has 1 unspecified atom stereocenters. The number of hydrogen-bond donors (Lipinski definition) is 1. The zero-order chi connectivity index (χ0) is 19.9. The van der Waals surface area contributed by atoms with Crippen LogP contribution in [-0.4, -0.2) is 20.9 Å². The van der Waals surface area contributed by atoms with Crippen molar-refractivity contribution in [3.63, 3.8) is 0 Å². The topological polar surface area (TPSA) is 66.5 Å². The van der Waals surface area contributed by atoms with Crippen molar-refractivity contribution in [2.45, 2.75) is 31.2 Å². The number of nitrogens with zero attached hydrogens (tertiary/aromatic N) is 1. The van der Waals surface area contributed by atoms with Gasteiger partial charge in [-0.1, -0.05) is 61.0 Å². The molecular formula is C22H22N2O3S. The lowest BCUT2D eigenvalue weighted by Crippen LogP contribution is -2.40. The molecule has 1 heterocycles. The third-order valence-corrected chi connectivity index (χ3v) is 6.99. The van der Waals surface area contributed by atoms with Crippen LogP contribution in [0.4, 0.5) is 5.69 Å². The third kappa shape index (κ3) is 3.03. The molecule has 28 heavy (non-hydrogen) atoms. The molecule has 5 nitrogen and oxygen atoms in total. The van der Waals surface area contributed by atoms with Crippen LogP contribution >= 0.6 is 0 Å². The second kappa shape index (κ2) is 6.95. The summed E-state index contributed by atoms with van der Waals surface area (Å²) < 4.78 is 27.2. The van der Waals surface area contributed by atoms with E-state index in [4.69, 9.17) is 0 Å². The number of sulfonamides is 1. The first-order valence-corrected chi connectivity index (χ1v) is 10.8. The second-order valence-electron chi connectivity index (χ2n) is 7.08. The van der Waals surface area contributed by atoms with E-state index < -0.39 is 10.0 Å². The molecule has 0 saturated heterocycles. The summed E-state index contributed by atoms with van der Waals surface area (Å²) >= 11 is 0. The molecule has 1 atom stereocenters. The second-order valence-corrected chi connectivity index (χ2v) is 8.91. The third-order valence-electron chi connectivity index (χ3n) is 5.19. The first-order chi connectivity index (χ1) is 13.4. The lowest BCUT2D eigenvalue weighted by molar-refractivity contribution is -0.120. The molecule has 0 aliphatic carbocycles. The van der Waals surface area contributed by atoms with Gasteiger partial charge >= 0.3 is 0 Å². The predicted octanol–water partition coefficient (Wildman–Crippen LogP) is 3.92. The Labute approximate surface area is 165 Å². The van der Waals surface area contributed by atoms with Gasteiger partial charge in [0.15, 0.2) is 0 Å². The zero-order valence-corrected chi connectivity index (χ0v) is 16.7. The summed E-state index contributed by atoms with van der Waals surface area (Å²) in [7, 11) is -3.73. The Morgan fingerprint density at radius 3 is 2.39 bits per heavy atom. The molecule has 0 saturated carbocycles. The van der Waals surface area contributed by atoms with Crippen LogP contribution in [-0.2, 0) is 14.8 Å². The number of nitrogens with one attached hydrogen (secondary N) is 1. The maximum atomic E-state index is 13.0. The first kappa shape index (κ1) is 18.5. The van der Waals surface area contributed by atoms with Gasteiger partial charge in [-0.15, -0.1) is 0 Å². The Bertz CT molecular complexity index is 1150. The van der Waals surface area contributed by atoms with Crippen LogP contribution in [0.2, 0.25) is 0 Å². The number of amides is 1. The van der Waals surface area contributed by atoms with E-state index in [0.717, 1.165) is 22.9 Å². The van der Waals surface area contributed by atoms with Crippen molar-refractivity contribution in [2.75, 3.05) is 10.8 Å². The molecule has 6 heteroatoms. The summed E-state index contributed by atoms with van der Waals surface area (Å²) in [5.41, 5.74) is 2.72. The van der Waals surface area contributed by atoms with Crippen molar-refractivity contribution in [3.05, 3.63) is 71.8 Å². The van der Waals surface area contributed by atoms with Crippen molar-refractivity contribution in [3.8, 4) is 0 Å². The van der Waals surface area contributed by atoms with E-state index in [9.17, 15) is 13.2 Å². The lowest BCUT2D eigenvalue weighted by Gasteiger charge is -2.22. The maximum Gasteiger partial charge on any atom is 0.265 e.